The molecule has 1 heterocycles. The van der Waals surface area contributed by atoms with Crippen molar-refractivity contribution in [3.8, 4) is 0 Å². The molecule has 0 saturated carbocycles. The molecule has 0 aliphatic carbocycles. The van der Waals surface area contributed by atoms with Crippen molar-refractivity contribution in [2.75, 3.05) is 13.1 Å². The van der Waals surface area contributed by atoms with E-state index in [1.807, 2.05) is 66.7 Å². The molecule has 0 aliphatic rings. The average Bonchev–Trinajstić information content (AvgIpc) is 3.32. The van der Waals surface area contributed by atoms with Gasteiger partial charge in [-0.15, -0.1) is 0 Å². The van der Waals surface area contributed by atoms with Crippen LogP contribution in [0.3, 0.4) is 0 Å². The van der Waals surface area contributed by atoms with E-state index < -0.39 is 15.6 Å². The Bertz CT molecular complexity index is 1170. The molecule has 1 aromatic heterocycles. The van der Waals surface area contributed by atoms with Gasteiger partial charge in [-0.05, 0) is 56.5 Å². The summed E-state index contributed by atoms with van der Waals surface area (Å²) in [7, 11) is -3.85. The monoisotopic (exact) mass is 480 g/mol. The molecular formula is C27H32N2O4S. The molecule has 0 radical (unpaired) electrons. The van der Waals surface area contributed by atoms with E-state index in [1.54, 1.807) is 44.1 Å². The summed E-state index contributed by atoms with van der Waals surface area (Å²) in [6.45, 7) is 5.82. The first-order valence-electron chi connectivity index (χ1n) is 11.3. The summed E-state index contributed by atoms with van der Waals surface area (Å²) >= 11 is 0. The summed E-state index contributed by atoms with van der Waals surface area (Å²) in [6.07, 6.45) is 3.77. The van der Waals surface area contributed by atoms with Crippen LogP contribution in [0.4, 0.5) is 0 Å². The lowest BCUT2D eigenvalue weighted by Crippen LogP contribution is -2.50. The van der Waals surface area contributed by atoms with Gasteiger partial charge in [-0.3, -0.25) is 4.79 Å². The van der Waals surface area contributed by atoms with Gasteiger partial charge in [0.1, 0.15) is 5.76 Å². The summed E-state index contributed by atoms with van der Waals surface area (Å²) in [6, 6.07) is 22.7. The van der Waals surface area contributed by atoms with Crippen molar-refractivity contribution in [3.05, 3.63) is 101 Å². The van der Waals surface area contributed by atoms with Gasteiger partial charge in [0.2, 0.25) is 15.9 Å². The van der Waals surface area contributed by atoms with Crippen molar-refractivity contribution >= 4 is 22.0 Å². The summed E-state index contributed by atoms with van der Waals surface area (Å²) < 4.78 is 33.2. The van der Waals surface area contributed by atoms with Crippen LogP contribution in [0, 0.1) is 0 Å². The van der Waals surface area contributed by atoms with Crippen LogP contribution in [-0.2, 0) is 27.8 Å². The Morgan fingerprint density at radius 2 is 1.59 bits per heavy atom. The van der Waals surface area contributed by atoms with Crippen LogP contribution < -0.4 is 0 Å². The smallest absolute Gasteiger partial charge is 0.238 e. The Hall–Kier alpha value is -3.16. The van der Waals surface area contributed by atoms with Crippen molar-refractivity contribution in [1.29, 1.82) is 0 Å². The first-order chi connectivity index (χ1) is 16.1. The van der Waals surface area contributed by atoms with Crippen LogP contribution >= 0.6 is 0 Å². The van der Waals surface area contributed by atoms with Gasteiger partial charge in [-0.1, -0.05) is 60.7 Å². The molecule has 0 unspecified atom stereocenters. The molecule has 180 valence electrons. The van der Waals surface area contributed by atoms with E-state index in [4.69, 9.17) is 4.42 Å². The SMILES string of the molecule is CC(C)(C)N(CC(=O)N(CCc1ccccc1)Cc1ccco1)S(=O)(=O)/C=C/c1ccccc1. The number of amides is 1. The van der Waals surface area contributed by atoms with Gasteiger partial charge >= 0.3 is 0 Å². The molecule has 0 aliphatic heterocycles. The van der Waals surface area contributed by atoms with Crippen LogP contribution in [0.5, 0.6) is 0 Å². The number of hydrogen-bond acceptors (Lipinski definition) is 4. The maximum absolute atomic E-state index is 13.4. The molecule has 0 spiro atoms. The lowest BCUT2D eigenvalue weighted by molar-refractivity contribution is -0.133. The predicted octanol–water partition coefficient (Wildman–Crippen LogP) is 4.95. The van der Waals surface area contributed by atoms with Crippen molar-refractivity contribution in [3.63, 3.8) is 0 Å². The van der Waals surface area contributed by atoms with Crippen LogP contribution in [-0.4, -0.2) is 42.2 Å². The quantitative estimate of drug-likeness (QED) is 0.412. The number of furan rings is 1. The van der Waals surface area contributed by atoms with Crippen LogP contribution in [0.15, 0.2) is 88.9 Å². The van der Waals surface area contributed by atoms with Crippen molar-refractivity contribution in [1.82, 2.24) is 9.21 Å². The normalized spacial score (nSPS) is 12.4. The topological polar surface area (TPSA) is 70.8 Å². The number of nitrogens with zero attached hydrogens (tertiary/aromatic N) is 2. The maximum Gasteiger partial charge on any atom is 0.238 e. The molecule has 3 aromatic rings. The van der Waals surface area contributed by atoms with E-state index in [9.17, 15) is 13.2 Å². The van der Waals surface area contributed by atoms with E-state index in [0.717, 1.165) is 11.1 Å². The fraction of sp³-hybridized carbons (Fsp3) is 0.296. The molecule has 0 N–H and O–H groups in total. The first kappa shape index (κ1) is 25.5. The fourth-order valence-corrected chi connectivity index (χ4v) is 5.06. The molecule has 0 saturated heterocycles. The molecule has 0 fully saturated rings. The largest absolute Gasteiger partial charge is 0.467 e. The standard InChI is InChI=1S/C27H32N2O4S/c1-27(2,3)29(34(31,32)20-17-24-13-8-5-9-14-24)22-26(30)28(21-25-15-10-19-33-25)18-16-23-11-6-4-7-12-23/h4-15,17,19-20H,16,18,21-22H2,1-3H3/b20-17+. The predicted molar refractivity (Wildman–Crippen MR) is 135 cm³/mol. The van der Waals surface area contributed by atoms with E-state index in [-0.39, 0.29) is 19.0 Å². The van der Waals surface area contributed by atoms with Crippen molar-refractivity contribution in [2.24, 2.45) is 0 Å². The summed E-state index contributed by atoms with van der Waals surface area (Å²) in [5.41, 5.74) is 1.09. The number of carbonyl (C=O) groups excluding carboxylic acids is 1. The third-order valence-corrected chi connectivity index (χ3v) is 7.13. The van der Waals surface area contributed by atoms with Crippen molar-refractivity contribution < 1.29 is 17.6 Å². The Morgan fingerprint density at radius 3 is 2.18 bits per heavy atom. The number of carbonyl (C=O) groups is 1. The third kappa shape index (κ3) is 7.43. The zero-order valence-corrected chi connectivity index (χ0v) is 20.7. The molecule has 7 heteroatoms. The highest BCUT2D eigenvalue weighted by Gasteiger charge is 2.34. The second kappa shape index (κ2) is 11.3. The van der Waals surface area contributed by atoms with Gasteiger partial charge < -0.3 is 9.32 Å². The number of hydrogen-bond donors (Lipinski definition) is 0. The van der Waals surface area contributed by atoms with Crippen LogP contribution in [0.25, 0.3) is 6.08 Å². The summed E-state index contributed by atoms with van der Waals surface area (Å²) in [5.74, 6) is 0.370. The number of rotatable bonds is 10. The molecule has 3 rings (SSSR count). The van der Waals surface area contributed by atoms with Crippen molar-refractivity contribution in [2.45, 2.75) is 39.3 Å². The molecule has 1 amide bonds. The Labute approximate surface area is 202 Å². The zero-order valence-electron chi connectivity index (χ0n) is 19.9. The van der Waals surface area contributed by atoms with E-state index in [2.05, 4.69) is 0 Å². The third-order valence-electron chi connectivity index (χ3n) is 5.36. The van der Waals surface area contributed by atoms with E-state index in [0.29, 0.717) is 18.7 Å². The minimum Gasteiger partial charge on any atom is -0.467 e. The van der Waals surface area contributed by atoms with Gasteiger partial charge in [0.05, 0.1) is 19.4 Å². The maximum atomic E-state index is 13.4. The Morgan fingerprint density at radius 1 is 0.941 bits per heavy atom. The molecule has 0 atom stereocenters. The van der Waals surface area contributed by atoms with Gasteiger partial charge in [-0.2, -0.15) is 4.31 Å². The Kier molecular flexibility index (Phi) is 8.47. The van der Waals surface area contributed by atoms with Crippen LogP contribution in [0.1, 0.15) is 37.7 Å². The van der Waals surface area contributed by atoms with Gasteiger partial charge in [-0.25, -0.2) is 8.42 Å². The van der Waals surface area contributed by atoms with E-state index >= 15 is 0 Å². The highest BCUT2D eigenvalue weighted by atomic mass is 32.2. The lowest BCUT2D eigenvalue weighted by Gasteiger charge is -2.34. The first-order valence-corrected chi connectivity index (χ1v) is 12.8. The minimum absolute atomic E-state index is 0.263. The Balaban J connectivity index is 1.80. The zero-order chi connectivity index (χ0) is 24.6. The highest BCUT2D eigenvalue weighted by Crippen LogP contribution is 2.21. The second-order valence-electron chi connectivity index (χ2n) is 9.07. The van der Waals surface area contributed by atoms with Gasteiger partial charge in [0.15, 0.2) is 0 Å². The summed E-state index contributed by atoms with van der Waals surface area (Å²) in [5, 5.41) is 1.17. The molecule has 0 bridgehead atoms. The van der Waals surface area contributed by atoms with Gasteiger partial charge in [0.25, 0.3) is 0 Å². The van der Waals surface area contributed by atoms with Crippen LogP contribution in [0.2, 0.25) is 0 Å². The minimum atomic E-state index is -3.85. The average molecular weight is 481 g/mol. The number of sulfonamides is 1. The fourth-order valence-electron chi connectivity index (χ4n) is 3.53. The number of benzene rings is 2. The summed E-state index contributed by atoms with van der Waals surface area (Å²) in [4.78, 5) is 15.1. The highest BCUT2D eigenvalue weighted by molar-refractivity contribution is 7.92. The second-order valence-corrected chi connectivity index (χ2v) is 10.8. The molecular weight excluding hydrogens is 448 g/mol. The molecule has 34 heavy (non-hydrogen) atoms. The molecule has 2 aromatic carbocycles. The molecule has 6 nitrogen and oxygen atoms in total. The van der Waals surface area contributed by atoms with E-state index in [1.165, 1.54) is 9.71 Å². The van der Waals surface area contributed by atoms with Gasteiger partial charge in [0, 0.05) is 17.5 Å². The lowest BCUT2D eigenvalue weighted by atomic mass is 10.1.